The maximum atomic E-state index is 13.1. The molecule has 122 valence electrons. The minimum absolute atomic E-state index is 0.0616. The summed E-state index contributed by atoms with van der Waals surface area (Å²) in [4.78, 5) is 12.3. The molecule has 0 atom stereocenters. The van der Waals surface area contributed by atoms with Gasteiger partial charge in [0.05, 0.1) is 23.3 Å². The van der Waals surface area contributed by atoms with Crippen molar-refractivity contribution in [3.63, 3.8) is 0 Å². The third-order valence-corrected chi connectivity index (χ3v) is 4.22. The van der Waals surface area contributed by atoms with Crippen molar-refractivity contribution >= 4 is 39.3 Å². The van der Waals surface area contributed by atoms with Crippen molar-refractivity contribution in [3.8, 4) is 0 Å². The molecule has 0 saturated heterocycles. The van der Waals surface area contributed by atoms with Gasteiger partial charge in [0.2, 0.25) is 0 Å². The van der Waals surface area contributed by atoms with Crippen LogP contribution in [0.5, 0.6) is 0 Å². The fourth-order valence-electron chi connectivity index (χ4n) is 2.18. The number of carbonyl (C=O) groups excluding carboxylic acids is 1. The van der Waals surface area contributed by atoms with Crippen molar-refractivity contribution < 1.29 is 9.18 Å². The highest BCUT2D eigenvalue weighted by molar-refractivity contribution is 9.10. The van der Waals surface area contributed by atoms with Gasteiger partial charge in [0.25, 0.3) is 5.91 Å². The highest BCUT2D eigenvalue weighted by atomic mass is 79.9. The van der Waals surface area contributed by atoms with Crippen molar-refractivity contribution in [1.29, 1.82) is 0 Å². The van der Waals surface area contributed by atoms with Crippen LogP contribution in [0.25, 0.3) is 0 Å². The Kier molecular flexibility index (Phi) is 4.97. The summed E-state index contributed by atoms with van der Waals surface area (Å²) in [5.74, 6) is -0.377. The molecule has 1 aromatic heterocycles. The minimum Gasteiger partial charge on any atom is -0.307 e. The molecule has 3 rings (SSSR count). The SMILES string of the molecule is O=C(Nc1ccnn1Cc1ccc(Br)cc1)c1ccc(F)cc1Cl. The predicted molar refractivity (Wildman–Crippen MR) is 94.8 cm³/mol. The number of hydrogen-bond acceptors (Lipinski definition) is 2. The topological polar surface area (TPSA) is 46.9 Å². The van der Waals surface area contributed by atoms with Crippen LogP contribution < -0.4 is 5.32 Å². The molecular weight excluding hydrogens is 397 g/mol. The van der Waals surface area contributed by atoms with Gasteiger partial charge in [0, 0.05) is 10.5 Å². The van der Waals surface area contributed by atoms with Crippen LogP contribution in [0.15, 0.2) is 59.2 Å². The number of halogens is 3. The van der Waals surface area contributed by atoms with Crippen LogP contribution in [-0.4, -0.2) is 15.7 Å². The van der Waals surface area contributed by atoms with Crippen LogP contribution in [0.4, 0.5) is 10.2 Å². The Bertz CT molecular complexity index is 880. The van der Waals surface area contributed by atoms with Crippen molar-refractivity contribution in [3.05, 3.63) is 81.2 Å². The summed E-state index contributed by atoms with van der Waals surface area (Å²) < 4.78 is 15.7. The highest BCUT2D eigenvalue weighted by Crippen LogP contribution is 2.19. The fourth-order valence-corrected chi connectivity index (χ4v) is 2.70. The maximum Gasteiger partial charge on any atom is 0.258 e. The molecule has 24 heavy (non-hydrogen) atoms. The second-order valence-corrected chi connectivity index (χ2v) is 6.40. The molecule has 0 aliphatic carbocycles. The van der Waals surface area contributed by atoms with E-state index in [9.17, 15) is 9.18 Å². The molecule has 0 unspecified atom stereocenters. The zero-order chi connectivity index (χ0) is 17.1. The van der Waals surface area contributed by atoms with Crippen molar-refractivity contribution in [1.82, 2.24) is 9.78 Å². The van der Waals surface area contributed by atoms with E-state index >= 15 is 0 Å². The van der Waals surface area contributed by atoms with E-state index in [-0.39, 0.29) is 10.6 Å². The van der Waals surface area contributed by atoms with Gasteiger partial charge < -0.3 is 5.32 Å². The largest absolute Gasteiger partial charge is 0.307 e. The van der Waals surface area contributed by atoms with Crippen LogP contribution in [0, 0.1) is 5.82 Å². The van der Waals surface area contributed by atoms with E-state index in [2.05, 4.69) is 26.3 Å². The summed E-state index contributed by atoms with van der Waals surface area (Å²) in [6.07, 6.45) is 1.60. The monoisotopic (exact) mass is 407 g/mol. The first-order chi connectivity index (χ1) is 11.5. The average molecular weight is 409 g/mol. The Morgan fingerprint density at radius 3 is 2.67 bits per heavy atom. The summed E-state index contributed by atoms with van der Waals surface area (Å²) in [5.41, 5.74) is 1.24. The lowest BCUT2D eigenvalue weighted by molar-refractivity contribution is 0.102. The van der Waals surface area contributed by atoms with Gasteiger partial charge in [0.1, 0.15) is 11.6 Å². The molecule has 1 amide bonds. The van der Waals surface area contributed by atoms with Gasteiger partial charge in [-0.05, 0) is 35.9 Å². The number of hydrogen-bond donors (Lipinski definition) is 1. The van der Waals surface area contributed by atoms with Crippen molar-refractivity contribution in [2.45, 2.75) is 6.54 Å². The lowest BCUT2D eigenvalue weighted by Crippen LogP contribution is -2.16. The number of carbonyl (C=O) groups is 1. The molecule has 0 spiro atoms. The second-order valence-electron chi connectivity index (χ2n) is 5.08. The summed E-state index contributed by atoms with van der Waals surface area (Å²) in [6, 6.07) is 13.2. The zero-order valence-corrected chi connectivity index (χ0v) is 14.7. The summed E-state index contributed by atoms with van der Waals surface area (Å²) in [5, 5.41) is 7.02. The Labute approximate surface area is 151 Å². The fraction of sp³-hybridized carbons (Fsp3) is 0.0588. The lowest BCUT2D eigenvalue weighted by Gasteiger charge is -2.10. The van der Waals surface area contributed by atoms with Crippen LogP contribution in [-0.2, 0) is 6.54 Å². The quantitative estimate of drug-likeness (QED) is 0.678. The van der Waals surface area contributed by atoms with Gasteiger partial charge in [-0.3, -0.25) is 4.79 Å². The summed E-state index contributed by atoms with van der Waals surface area (Å²) in [6.45, 7) is 0.507. The van der Waals surface area contributed by atoms with Gasteiger partial charge in [-0.25, -0.2) is 9.07 Å². The summed E-state index contributed by atoms with van der Waals surface area (Å²) >= 11 is 9.31. The Morgan fingerprint density at radius 1 is 1.21 bits per heavy atom. The van der Waals surface area contributed by atoms with E-state index in [4.69, 9.17) is 11.6 Å². The Balaban J connectivity index is 1.77. The van der Waals surface area contributed by atoms with Crippen molar-refractivity contribution in [2.24, 2.45) is 0 Å². The molecule has 1 N–H and O–H groups in total. The van der Waals surface area contributed by atoms with E-state index < -0.39 is 11.7 Å². The molecule has 0 aliphatic rings. The van der Waals surface area contributed by atoms with Crippen LogP contribution in [0.3, 0.4) is 0 Å². The van der Waals surface area contributed by atoms with Gasteiger partial charge in [-0.1, -0.05) is 39.7 Å². The predicted octanol–water partition coefficient (Wildman–Crippen LogP) is 4.74. The van der Waals surface area contributed by atoms with Crippen molar-refractivity contribution in [2.75, 3.05) is 5.32 Å². The van der Waals surface area contributed by atoms with E-state index in [1.807, 2.05) is 24.3 Å². The van der Waals surface area contributed by atoms with Crippen LogP contribution in [0.1, 0.15) is 15.9 Å². The molecule has 3 aromatic rings. The normalized spacial score (nSPS) is 10.6. The first-order valence-corrected chi connectivity index (χ1v) is 8.23. The first kappa shape index (κ1) is 16.7. The second kappa shape index (κ2) is 7.15. The number of amides is 1. The van der Waals surface area contributed by atoms with E-state index in [0.717, 1.165) is 16.1 Å². The molecule has 2 aromatic carbocycles. The Hall–Kier alpha value is -2.18. The highest BCUT2D eigenvalue weighted by Gasteiger charge is 2.13. The number of anilines is 1. The molecule has 0 bridgehead atoms. The van der Waals surface area contributed by atoms with E-state index in [0.29, 0.717) is 12.4 Å². The number of rotatable bonds is 4. The number of nitrogens with one attached hydrogen (secondary N) is 1. The maximum absolute atomic E-state index is 13.1. The molecule has 4 nitrogen and oxygen atoms in total. The van der Waals surface area contributed by atoms with Gasteiger partial charge in [0.15, 0.2) is 0 Å². The molecule has 0 saturated carbocycles. The molecule has 0 fully saturated rings. The number of nitrogens with zero attached hydrogens (tertiary/aromatic N) is 2. The van der Waals surface area contributed by atoms with Crippen LogP contribution >= 0.6 is 27.5 Å². The Morgan fingerprint density at radius 2 is 1.96 bits per heavy atom. The third-order valence-electron chi connectivity index (χ3n) is 3.38. The summed E-state index contributed by atoms with van der Waals surface area (Å²) in [7, 11) is 0. The zero-order valence-electron chi connectivity index (χ0n) is 12.3. The van der Waals surface area contributed by atoms with Gasteiger partial charge in [-0.15, -0.1) is 0 Å². The molecule has 0 radical (unpaired) electrons. The molecule has 0 aliphatic heterocycles. The number of aromatic nitrogens is 2. The standard InChI is InChI=1S/C17H12BrClFN3O/c18-12-3-1-11(2-4-12)10-23-16(7-8-21-23)22-17(24)14-6-5-13(20)9-15(14)19/h1-9H,10H2,(H,22,24). The smallest absolute Gasteiger partial charge is 0.258 e. The molecule has 7 heteroatoms. The third kappa shape index (κ3) is 3.83. The van der Waals surface area contributed by atoms with Crippen LogP contribution in [0.2, 0.25) is 5.02 Å². The number of benzene rings is 2. The minimum atomic E-state index is -0.489. The van der Waals surface area contributed by atoms with Gasteiger partial charge >= 0.3 is 0 Å². The molecule has 1 heterocycles. The first-order valence-electron chi connectivity index (χ1n) is 7.05. The lowest BCUT2D eigenvalue weighted by atomic mass is 10.2. The molecular formula is C17H12BrClFN3O. The average Bonchev–Trinajstić information content (AvgIpc) is 2.96. The van der Waals surface area contributed by atoms with E-state index in [1.165, 1.54) is 12.1 Å². The van der Waals surface area contributed by atoms with Gasteiger partial charge in [-0.2, -0.15) is 5.10 Å². The van der Waals surface area contributed by atoms with E-state index in [1.54, 1.807) is 16.9 Å².